The van der Waals surface area contributed by atoms with Gasteiger partial charge in [-0.05, 0) is 107 Å². The predicted molar refractivity (Wildman–Crippen MR) is 300 cm³/mol. The van der Waals surface area contributed by atoms with Crippen LogP contribution in [0.1, 0.15) is 123 Å². The van der Waals surface area contributed by atoms with Gasteiger partial charge in [0.2, 0.25) is 8.32 Å². The second-order valence-corrected chi connectivity index (χ2v) is 39.6. The molecule has 2 aliphatic rings. The van der Waals surface area contributed by atoms with E-state index in [0.717, 1.165) is 43.8 Å². The highest BCUT2D eigenvalue weighted by molar-refractivity contribution is 8.17. The molecule has 2 saturated heterocycles. The maximum atomic E-state index is 8.06. The van der Waals surface area contributed by atoms with E-state index in [1.165, 1.54) is 20.2 Å². The van der Waals surface area contributed by atoms with Crippen LogP contribution >= 0.6 is 23.5 Å². The Labute approximate surface area is 425 Å². The monoisotopic (exact) mass is 1010 g/mol. The summed E-state index contributed by atoms with van der Waals surface area (Å²) in [4.78, 5) is 2.55. The second-order valence-electron chi connectivity index (χ2n) is 22.3. The number of benzene rings is 4. The van der Waals surface area contributed by atoms with Gasteiger partial charge in [0.25, 0.3) is 8.32 Å². The molecular formula is C58H88O5S2Si3. The summed E-state index contributed by atoms with van der Waals surface area (Å²) in [6.45, 7) is 33.8. The molecule has 4 aromatic carbocycles. The molecule has 0 radical (unpaired) electrons. The summed E-state index contributed by atoms with van der Waals surface area (Å²) in [5, 5.41) is 2.39. The lowest BCUT2D eigenvalue weighted by Crippen LogP contribution is -2.70. The minimum absolute atomic E-state index is 0.00525. The van der Waals surface area contributed by atoms with Crippen LogP contribution in [0.2, 0.25) is 39.8 Å². The third-order valence-electron chi connectivity index (χ3n) is 15.8. The normalized spacial score (nSPS) is 24.3. The van der Waals surface area contributed by atoms with E-state index in [9.17, 15) is 0 Å². The summed E-state index contributed by atoms with van der Waals surface area (Å²) in [6.07, 6.45) is 2.80. The van der Waals surface area contributed by atoms with Gasteiger partial charge in [0, 0.05) is 16.2 Å². The Morgan fingerprint density at radius 3 is 1.51 bits per heavy atom. The van der Waals surface area contributed by atoms with Gasteiger partial charge in [-0.25, -0.2) is 0 Å². The van der Waals surface area contributed by atoms with Crippen molar-refractivity contribution in [2.45, 2.75) is 213 Å². The van der Waals surface area contributed by atoms with E-state index in [-0.39, 0.29) is 40.1 Å². The van der Waals surface area contributed by atoms with Gasteiger partial charge in [-0.15, -0.1) is 23.5 Å². The van der Waals surface area contributed by atoms with Crippen LogP contribution in [0.3, 0.4) is 0 Å². The van der Waals surface area contributed by atoms with E-state index < -0.39 is 30.6 Å². The van der Waals surface area contributed by atoms with Gasteiger partial charge < -0.3 is 22.8 Å². The molecule has 2 fully saturated rings. The summed E-state index contributed by atoms with van der Waals surface area (Å²) in [7, 11) is -7.37. The lowest BCUT2D eigenvalue weighted by atomic mass is 9.83. The number of ether oxygens (including phenoxy) is 2. The van der Waals surface area contributed by atoms with Crippen LogP contribution < -0.4 is 10.4 Å². The van der Waals surface area contributed by atoms with Crippen LogP contribution in [0.25, 0.3) is 0 Å². The number of hydrogen-bond acceptors (Lipinski definition) is 7. The van der Waals surface area contributed by atoms with Crippen LogP contribution in [0, 0.1) is 5.92 Å². The highest BCUT2D eigenvalue weighted by atomic mass is 32.2. The Hall–Kier alpha value is -1.97. The smallest absolute Gasteiger partial charge is 0.261 e. The number of hydrogen-bond donors (Lipinski definition) is 0. The molecule has 0 amide bonds. The first kappa shape index (κ1) is 55.3. The Kier molecular flexibility index (Phi) is 19.7. The Bertz CT molecular complexity index is 1970. The summed E-state index contributed by atoms with van der Waals surface area (Å²) in [5.41, 5.74) is 0.494. The van der Waals surface area contributed by atoms with Crippen molar-refractivity contribution in [3.8, 4) is 0 Å². The lowest BCUT2D eigenvalue weighted by Gasteiger charge is -2.55. The van der Waals surface area contributed by atoms with E-state index in [4.69, 9.17) is 22.8 Å². The average molecular weight is 1010 g/mol. The van der Waals surface area contributed by atoms with Gasteiger partial charge >= 0.3 is 0 Å². The fourth-order valence-corrected chi connectivity index (χ4v) is 27.9. The number of fused-ring (bicyclic) bond motifs is 1. The summed E-state index contributed by atoms with van der Waals surface area (Å²) in [5.74, 6) is 0.368. The van der Waals surface area contributed by atoms with E-state index in [1.54, 1.807) is 0 Å². The molecule has 10 heteroatoms. The van der Waals surface area contributed by atoms with Crippen LogP contribution in [0.4, 0.5) is 0 Å². The third kappa shape index (κ3) is 12.6. The molecule has 2 aliphatic heterocycles. The first-order chi connectivity index (χ1) is 32.3. The van der Waals surface area contributed by atoms with Crippen molar-refractivity contribution in [1.82, 2.24) is 0 Å². The fraction of sp³-hybridized carbons (Fsp3) is 0.586. The largest absolute Gasteiger partial charge is 0.411 e. The van der Waals surface area contributed by atoms with Crippen LogP contribution in [-0.4, -0.2) is 72.3 Å². The van der Waals surface area contributed by atoms with Crippen LogP contribution in [-0.2, 0) is 22.8 Å². The van der Waals surface area contributed by atoms with Gasteiger partial charge in [-0.3, -0.25) is 0 Å². The van der Waals surface area contributed by atoms with Crippen molar-refractivity contribution in [3.63, 3.8) is 0 Å². The molecular weight excluding hydrogens is 925 g/mol. The molecule has 0 aliphatic carbocycles. The fourth-order valence-electron chi connectivity index (χ4n) is 12.0. The zero-order chi connectivity index (χ0) is 49.3. The molecule has 2 heterocycles. The van der Waals surface area contributed by atoms with E-state index in [1.807, 2.05) is 23.5 Å². The average Bonchev–Trinajstić information content (AvgIpc) is 3.31. The van der Waals surface area contributed by atoms with E-state index >= 15 is 0 Å². The molecule has 374 valence electrons. The molecule has 0 spiro atoms. The van der Waals surface area contributed by atoms with Gasteiger partial charge in [-0.2, -0.15) is 0 Å². The molecule has 0 saturated carbocycles. The Morgan fingerprint density at radius 2 is 1.09 bits per heavy atom. The topological polar surface area (TPSA) is 46.2 Å². The highest BCUT2D eigenvalue weighted by Crippen LogP contribution is 2.49. The maximum Gasteiger partial charge on any atom is 0.261 e. The Balaban J connectivity index is 1.46. The quantitative estimate of drug-likeness (QED) is 0.0468. The summed E-state index contributed by atoms with van der Waals surface area (Å²) < 4.78 is 39.5. The molecule has 0 bridgehead atoms. The number of thioether (sulfide) groups is 2. The minimum Gasteiger partial charge on any atom is -0.411 e. The molecule has 7 atom stereocenters. The van der Waals surface area contributed by atoms with Crippen LogP contribution in [0.15, 0.2) is 131 Å². The van der Waals surface area contributed by atoms with Crippen molar-refractivity contribution in [2.24, 2.45) is 5.92 Å². The maximum absolute atomic E-state index is 8.06. The van der Waals surface area contributed by atoms with E-state index in [0.29, 0.717) is 29.1 Å². The zero-order valence-electron chi connectivity index (χ0n) is 44.3. The zero-order valence-corrected chi connectivity index (χ0v) is 49.0. The van der Waals surface area contributed by atoms with Crippen molar-refractivity contribution in [1.29, 1.82) is 0 Å². The van der Waals surface area contributed by atoms with Gasteiger partial charge in [-0.1, -0.05) is 187 Å². The summed E-state index contributed by atoms with van der Waals surface area (Å²) in [6, 6.07) is 47.3. The molecule has 0 aromatic heterocycles. The minimum atomic E-state index is -2.92. The van der Waals surface area contributed by atoms with Crippen LogP contribution in [0.5, 0.6) is 0 Å². The second kappa shape index (κ2) is 24.2. The van der Waals surface area contributed by atoms with Crippen molar-refractivity contribution >= 4 is 58.8 Å². The lowest BCUT2D eigenvalue weighted by molar-refractivity contribution is -0.257. The Morgan fingerprint density at radius 1 is 0.632 bits per heavy atom. The molecule has 5 nitrogen and oxygen atoms in total. The van der Waals surface area contributed by atoms with E-state index in [2.05, 4.69) is 218 Å². The highest BCUT2D eigenvalue weighted by Gasteiger charge is 2.58. The molecule has 68 heavy (non-hydrogen) atoms. The van der Waals surface area contributed by atoms with Gasteiger partial charge in [0.05, 0.1) is 41.7 Å². The summed E-state index contributed by atoms with van der Waals surface area (Å²) >= 11 is 3.91. The predicted octanol–water partition coefficient (Wildman–Crippen LogP) is 15.5. The molecule has 0 N–H and O–H groups in total. The molecule has 4 aromatic rings. The van der Waals surface area contributed by atoms with Crippen molar-refractivity contribution in [2.75, 3.05) is 6.61 Å². The SMILES string of the molecule is CC[Si](CC)(CC)O[C@H]1C[C@@H](C)C[C@H]2O[C@@](C)(CO[Si](c3ccccc3)(c3ccccc3)C(C)(C)C)[C@H](O[Si](C(C)C)(C(C)C)C(C)C)C[C@@H]2O[C@@H]1CC(Sc1ccccc1)Sc1ccccc1. The van der Waals surface area contributed by atoms with Crippen molar-refractivity contribution in [3.05, 3.63) is 121 Å². The molecule has 0 unspecified atom stereocenters. The first-order valence-corrected chi connectivity index (χ1v) is 34.6. The van der Waals surface area contributed by atoms with Gasteiger partial charge in [0.15, 0.2) is 8.32 Å². The van der Waals surface area contributed by atoms with Crippen molar-refractivity contribution < 1.29 is 22.8 Å². The first-order valence-electron chi connectivity index (χ1n) is 26.2. The number of rotatable bonds is 21. The third-order valence-corrected chi connectivity index (χ3v) is 34.2. The standard InChI is InChI=1S/C58H88O5S2Si3/c1-15-66(16-2,17-3)62-54-39-46(10)38-53-51(60-52(54)41-56(64-47-30-22-18-23-31-47)65-48-32-24-19-25-33-48)40-55(63-67(43(4)5,44(6)7)45(8)9)58(14,61-53)42-59-68(57(11,12)13,49-34-26-20-27-35-49)50-36-28-21-29-37-50/h18-37,43-46,51-56H,15-17,38-42H2,1-14H3/t46-,51-,52+,53+,54-,55+,58-/m0/s1. The molecule has 6 rings (SSSR count). The van der Waals surface area contributed by atoms with Gasteiger partial charge in [0.1, 0.15) is 5.60 Å².